The Hall–Kier alpha value is -4.00. The second-order valence-corrected chi connectivity index (χ2v) is 11.0. The van der Waals surface area contributed by atoms with E-state index in [1.165, 1.54) is 21.0 Å². The lowest BCUT2D eigenvalue weighted by atomic mass is 10.1. The third kappa shape index (κ3) is 6.89. The first-order valence-corrected chi connectivity index (χ1v) is 14.7. The summed E-state index contributed by atoms with van der Waals surface area (Å²) in [6.07, 6.45) is 1.80. The highest BCUT2D eigenvalue weighted by atomic mass is 35.5. The van der Waals surface area contributed by atoms with Gasteiger partial charge in [0.2, 0.25) is 17.6 Å². The molecule has 0 saturated carbocycles. The first kappa shape index (κ1) is 29.5. The number of thiophene rings is 1. The number of carbonyl (C=O) groups is 2. The van der Waals surface area contributed by atoms with Crippen LogP contribution in [0.15, 0.2) is 60.0 Å². The third-order valence-electron chi connectivity index (χ3n) is 6.89. The summed E-state index contributed by atoms with van der Waals surface area (Å²) in [6.45, 7) is 0.910. The fraction of sp³-hybridized carbons (Fsp3) is 0.345. The number of carbonyl (C=O) groups excluding carboxylic acids is 2. The van der Waals surface area contributed by atoms with Gasteiger partial charge in [-0.3, -0.25) is 9.59 Å². The highest BCUT2D eigenvalue weighted by Crippen LogP contribution is 2.32. The average molecular weight is 611 g/mol. The minimum atomic E-state index is -0.899. The van der Waals surface area contributed by atoms with Gasteiger partial charge in [0.1, 0.15) is 12.6 Å². The van der Waals surface area contributed by atoms with Crippen LogP contribution in [-0.4, -0.2) is 70.4 Å². The van der Waals surface area contributed by atoms with Gasteiger partial charge in [0, 0.05) is 35.2 Å². The van der Waals surface area contributed by atoms with E-state index in [0.29, 0.717) is 46.6 Å². The van der Waals surface area contributed by atoms with E-state index < -0.39 is 6.04 Å². The van der Waals surface area contributed by atoms with Crippen LogP contribution in [0.1, 0.15) is 29.3 Å². The number of amides is 2. The van der Waals surface area contributed by atoms with Crippen LogP contribution in [0.25, 0.3) is 11.4 Å². The molecular formula is C29H31ClN6O5S. The number of aromatic nitrogens is 4. The summed E-state index contributed by atoms with van der Waals surface area (Å²) in [5.41, 5.74) is 1.35. The van der Waals surface area contributed by atoms with Crippen LogP contribution in [0.5, 0.6) is 11.5 Å². The van der Waals surface area contributed by atoms with Gasteiger partial charge < -0.3 is 24.4 Å². The van der Waals surface area contributed by atoms with Gasteiger partial charge in [-0.25, -0.2) is 0 Å². The Labute approximate surface area is 252 Å². The summed E-state index contributed by atoms with van der Waals surface area (Å²) < 4.78 is 16.4. The predicted octanol–water partition coefficient (Wildman–Crippen LogP) is 4.14. The van der Waals surface area contributed by atoms with Crippen LogP contribution < -0.4 is 14.8 Å². The molecule has 1 fully saturated rings. The maximum absolute atomic E-state index is 14.0. The second-order valence-electron chi connectivity index (χ2n) is 9.62. The van der Waals surface area contributed by atoms with Gasteiger partial charge >= 0.3 is 0 Å². The minimum absolute atomic E-state index is 0.0417. The minimum Gasteiger partial charge on any atom is -0.493 e. The summed E-state index contributed by atoms with van der Waals surface area (Å²) in [4.78, 5) is 31.1. The molecule has 2 aromatic heterocycles. The van der Waals surface area contributed by atoms with Crippen molar-refractivity contribution in [2.75, 3.05) is 27.4 Å². The van der Waals surface area contributed by atoms with Crippen molar-refractivity contribution in [3.8, 4) is 22.9 Å². The SMILES string of the molecule is COc1ccc(-c2nnn(CC(=O)N(Cc3ccccc3Cl)[C@H](C(=O)NC[C@H]3CCCO3)c3cccs3)n2)cc1OC. The molecule has 220 valence electrons. The smallest absolute Gasteiger partial charge is 0.248 e. The van der Waals surface area contributed by atoms with E-state index in [-0.39, 0.29) is 31.0 Å². The van der Waals surface area contributed by atoms with Crippen molar-refractivity contribution in [2.24, 2.45) is 0 Å². The summed E-state index contributed by atoms with van der Waals surface area (Å²) in [6, 6.07) is 15.3. The van der Waals surface area contributed by atoms with Gasteiger partial charge in [-0.05, 0) is 59.3 Å². The number of nitrogens with zero attached hydrogens (tertiary/aromatic N) is 5. The van der Waals surface area contributed by atoms with E-state index in [1.54, 1.807) is 38.5 Å². The molecule has 4 aromatic rings. The molecule has 1 aliphatic rings. The number of hydrogen-bond donors (Lipinski definition) is 1. The summed E-state index contributed by atoms with van der Waals surface area (Å²) in [7, 11) is 3.09. The van der Waals surface area contributed by atoms with Gasteiger partial charge in [-0.15, -0.1) is 21.5 Å². The number of nitrogens with one attached hydrogen (secondary N) is 1. The van der Waals surface area contributed by atoms with E-state index in [1.807, 2.05) is 35.7 Å². The Morgan fingerprint density at radius 3 is 2.71 bits per heavy atom. The maximum Gasteiger partial charge on any atom is 0.248 e. The molecule has 1 aliphatic heterocycles. The third-order valence-corrected chi connectivity index (χ3v) is 8.18. The van der Waals surface area contributed by atoms with Crippen LogP contribution >= 0.6 is 22.9 Å². The molecule has 13 heteroatoms. The van der Waals surface area contributed by atoms with Crippen molar-refractivity contribution in [1.29, 1.82) is 0 Å². The Kier molecular flexibility index (Phi) is 9.67. The standard InChI is InChI=1S/C29H31ClN6O5S/c1-39-23-12-11-19(15-24(23)40-2)28-32-34-36(33-28)18-26(37)35(17-20-7-3-4-9-22(20)30)27(25-10-6-14-42-25)29(38)31-16-21-8-5-13-41-21/h3-4,6-7,9-12,14-15,21,27H,5,8,13,16-18H2,1-2H3,(H,31,38)/t21-,27+/m1/s1. The fourth-order valence-corrected chi connectivity index (χ4v) is 5.76. The number of ether oxygens (including phenoxy) is 3. The molecule has 0 spiro atoms. The average Bonchev–Trinajstić information content (AvgIpc) is 3.80. The molecule has 11 nitrogen and oxygen atoms in total. The topological polar surface area (TPSA) is 121 Å². The van der Waals surface area contributed by atoms with E-state index in [2.05, 4.69) is 20.7 Å². The van der Waals surface area contributed by atoms with Gasteiger partial charge in [0.15, 0.2) is 11.5 Å². The molecule has 2 amide bonds. The zero-order valence-electron chi connectivity index (χ0n) is 23.2. The Balaban J connectivity index is 1.42. The van der Waals surface area contributed by atoms with Gasteiger partial charge in [0.25, 0.3) is 0 Å². The van der Waals surface area contributed by atoms with Crippen LogP contribution in [0.3, 0.4) is 0 Å². The van der Waals surface area contributed by atoms with Gasteiger partial charge in [-0.2, -0.15) is 4.80 Å². The van der Waals surface area contributed by atoms with E-state index in [0.717, 1.165) is 17.7 Å². The molecule has 1 saturated heterocycles. The second kappa shape index (κ2) is 13.8. The summed E-state index contributed by atoms with van der Waals surface area (Å²) >= 11 is 7.90. The van der Waals surface area contributed by atoms with E-state index in [4.69, 9.17) is 25.8 Å². The predicted molar refractivity (Wildman–Crippen MR) is 157 cm³/mol. The number of rotatable bonds is 12. The van der Waals surface area contributed by atoms with Crippen LogP contribution in [0.4, 0.5) is 0 Å². The molecule has 0 radical (unpaired) electrons. The van der Waals surface area contributed by atoms with E-state index in [9.17, 15) is 9.59 Å². The lowest BCUT2D eigenvalue weighted by molar-refractivity contribution is -0.142. The number of hydrogen-bond acceptors (Lipinski definition) is 9. The van der Waals surface area contributed by atoms with Crippen molar-refractivity contribution in [1.82, 2.24) is 30.4 Å². The summed E-state index contributed by atoms with van der Waals surface area (Å²) in [5, 5.41) is 18.0. The molecule has 3 heterocycles. The molecule has 2 atom stereocenters. The molecule has 0 bridgehead atoms. The maximum atomic E-state index is 14.0. The first-order valence-electron chi connectivity index (χ1n) is 13.4. The van der Waals surface area contributed by atoms with Gasteiger partial charge in [-0.1, -0.05) is 35.9 Å². The van der Waals surface area contributed by atoms with Crippen molar-refractivity contribution in [3.63, 3.8) is 0 Å². The zero-order chi connectivity index (χ0) is 29.5. The van der Waals surface area contributed by atoms with Crippen molar-refractivity contribution in [2.45, 2.75) is 38.1 Å². The lowest BCUT2D eigenvalue weighted by Crippen LogP contribution is -2.45. The molecular weight excluding hydrogens is 580 g/mol. The van der Waals surface area contributed by atoms with Crippen molar-refractivity contribution >= 4 is 34.8 Å². The van der Waals surface area contributed by atoms with Gasteiger partial charge in [0.05, 0.1) is 20.3 Å². The molecule has 5 rings (SSSR count). The Morgan fingerprint density at radius 1 is 1.17 bits per heavy atom. The first-order chi connectivity index (χ1) is 20.5. The highest BCUT2D eigenvalue weighted by Gasteiger charge is 2.34. The zero-order valence-corrected chi connectivity index (χ0v) is 24.8. The highest BCUT2D eigenvalue weighted by molar-refractivity contribution is 7.10. The van der Waals surface area contributed by atoms with E-state index >= 15 is 0 Å². The monoisotopic (exact) mass is 610 g/mol. The summed E-state index contributed by atoms with van der Waals surface area (Å²) in [5.74, 6) is 0.714. The van der Waals surface area contributed by atoms with Crippen molar-refractivity contribution in [3.05, 3.63) is 75.4 Å². The number of tetrazole rings is 1. The van der Waals surface area contributed by atoms with Crippen LogP contribution in [0.2, 0.25) is 5.02 Å². The Bertz CT molecular complexity index is 1510. The number of halogens is 1. The molecule has 1 N–H and O–H groups in total. The fourth-order valence-electron chi connectivity index (χ4n) is 4.73. The lowest BCUT2D eigenvalue weighted by Gasteiger charge is -2.31. The molecule has 2 aromatic carbocycles. The largest absolute Gasteiger partial charge is 0.493 e. The van der Waals surface area contributed by atoms with Crippen molar-refractivity contribution < 1.29 is 23.8 Å². The molecule has 42 heavy (non-hydrogen) atoms. The number of methoxy groups -OCH3 is 2. The van der Waals surface area contributed by atoms with Crippen LogP contribution in [0, 0.1) is 0 Å². The molecule has 0 unspecified atom stereocenters. The molecule has 0 aliphatic carbocycles. The quantitative estimate of drug-likeness (QED) is 0.254. The van der Waals surface area contributed by atoms with Crippen LogP contribution in [-0.2, 0) is 27.4 Å². The number of benzene rings is 2. The Morgan fingerprint density at radius 2 is 2.00 bits per heavy atom. The normalized spacial score (nSPS) is 15.3.